The zero-order valence-corrected chi connectivity index (χ0v) is 11.1. The first-order valence-electron chi connectivity index (χ1n) is 6.22. The lowest BCUT2D eigenvalue weighted by molar-refractivity contribution is 0.353. The summed E-state index contributed by atoms with van der Waals surface area (Å²) in [6.45, 7) is 5.08. The van der Waals surface area contributed by atoms with Gasteiger partial charge < -0.3 is 0 Å². The van der Waals surface area contributed by atoms with Crippen LogP contribution in [0, 0.1) is 29.1 Å². The van der Waals surface area contributed by atoms with Gasteiger partial charge >= 0.3 is 0 Å². The standard InChI is InChI=1S/C13H15BF5/c1-4-13(5-2,14-6-3)7-8(15)10(17)12(19)11(18)9(7)16/h4-6H2,1-3H3. The Morgan fingerprint density at radius 3 is 1.42 bits per heavy atom. The maximum absolute atomic E-state index is 13.9. The number of benzene rings is 1. The van der Waals surface area contributed by atoms with Crippen LogP contribution < -0.4 is 0 Å². The lowest BCUT2D eigenvalue weighted by Gasteiger charge is -2.32. The monoisotopic (exact) mass is 277 g/mol. The molecule has 0 nitrogen and oxygen atoms in total. The molecule has 0 heterocycles. The summed E-state index contributed by atoms with van der Waals surface area (Å²) in [5, 5.41) is -1.14. The molecule has 1 rings (SSSR count). The zero-order valence-electron chi connectivity index (χ0n) is 11.1. The fourth-order valence-electron chi connectivity index (χ4n) is 2.43. The van der Waals surface area contributed by atoms with Gasteiger partial charge in [-0.25, -0.2) is 22.0 Å². The minimum atomic E-state index is -2.11. The highest BCUT2D eigenvalue weighted by molar-refractivity contribution is 6.40. The molecule has 0 amide bonds. The summed E-state index contributed by atoms with van der Waals surface area (Å²) in [7, 11) is 1.60. The third kappa shape index (κ3) is 2.49. The van der Waals surface area contributed by atoms with Crippen LogP contribution >= 0.6 is 0 Å². The van der Waals surface area contributed by atoms with Crippen molar-refractivity contribution in [3.05, 3.63) is 34.6 Å². The Morgan fingerprint density at radius 1 is 0.737 bits per heavy atom. The molecule has 0 aliphatic rings. The predicted octanol–water partition coefficient (Wildman–Crippen LogP) is 4.54. The zero-order chi connectivity index (χ0) is 14.8. The molecule has 0 aliphatic heterocycles. The molecule has 0 atom stereocenters. The van der Waals surface area contributed by atoms with Crippen LogP contribution in [-0.4, -0.2) is 7.28 Å². The summed E-state index contributed by atoms with van der Waals surface area (Å²) in [5.41, 5.74) is -0.726. The van der Waals surface area contributed by atoms with Crippen LogP contribution in [0.15, 0.2) is 0 Å². The van der Waals surface area contributed by atoms with E-state index < -0.39 is 40.0 Å². The fraction of sp³-hybridized carbons (Fsp3) is 0.538. The molecule has 1 radical (unpaired) electrons. The molecule has 0 aromatic heterocycles. The molecule has 1 aromatic rings. The van der Waals surface area contributed by atoms with E-state index in [4.69, 9.17) is 0 Å². The van der Waals surface area contributed by atoms with Gasteiger partial charge in [0, 0.05) is 5.56 Å². The Balaban J connectivity index is 3.65. The summed E-state index contributed by atoms with van der Waals surface area (Å²) < 4.78 is 67.3. The second-order valence-electron chi connectivity index (χ2n) is 4.42. The van der Waals surface area contributed by atoms with E-state index in [1.165, 1.54) is 0 Å². The van der Waals surface area contributed by atoms with Crippen molar-refractivity contribution in [2.24, 2.45) is 0 Å². The van der Waals surface area contributed by atoms with E-state index in [2.05, 4.69) is 0 Å². The van der Waals surface area contributed by atoms with Gasteiger partial charge in [-0.15, -0.1) is 0 Å². The third-order valence-corrected chi connectivity index (χ3v) is 3.56. The van der Waals surface area contributed by atoms with Crippen LogP contribution in [0.25, 0.3) is 0 Å². The van der Waals surface area contributed by atoms with Gasteiger partial charge in [-0.05, 0) is 5.31 Å². The van der Waals surface area contributed by atoms with Crippen LogP contribution in [0.4, 0.5) is 22.0 Å². The first kappa shape index (κ1) is 16.0. The molecule has 6 heteroatoms. The Labute approximate surface area is 110 Å². The molecule has 0 saturated carbocycles. The van der Waals surface area contributed by atoms with Gasteiger partial charge in [0.2, 0.25) is 5.82 Å². The van der Waals surface area contributed by atoms with Crippen molar-refractivity contribution in [3.8, 4) is 0 Å². The number of hydrogen-bond donors (Lipinski definition) is 0. The first-order chi connectivity index (χ1) is 8.86. The second kappa shape index (κ2) is 5.93. The van der Waals surface area contributed by atoms with Crippen LogP contribution in [-0.2, 0) is 5.31 Å². The van der Waals surface area contributed by atoms with Gasteiger partial charge in [0.15, 0.2) is 23.3 Å². The largest absolute Gasteiger partial charge is 0.203 e. The van der Waals surface area contributed by atoms with Crippen molar-refractivity contribution in [2.45, 2.75) is 45.2 Å². The Kier molecular flexibility index (Phi) is 4.99. The minimum Gasteiger partial charge on any atom is -0.203 e. The van der Waals surface area contributed by atoms with Crippen molar-refractivity contribution in [1.29, 1.82) is 0 Å². The highest BCUT2D eigenvalue weighted by Crippen LogP contribution is 2.37. The summed E-state index contributed by atoms with van der Waals surface area (Å²) in [6, 6.07) is 0. The summed E-state index contributed by atoms with van der Waals surface area (Å²) in [5.74, 6) is -9.35. The maximum atomic E-state index is 13.9. The molecule has 0 bridgehead atoms. The third-order valence-electron chi connectivity index (χ3n) is 3.56. The van der Waals surface area contributed by atoms with E-state index in [9.17, 15) is 22.0 Å². The Morgan fingerprint density at radius 2 is 1.11 bits per heavy atom. The average Bonchev–Trinajstić information content (AvgIpc) is 2.42. The van der Waals surface area contributed by atoms with Gasteiger partial charge in [-0.1, -0.05) is 39.9 Å². The highest BCUT2D eigenvalue weighted by atomic mass is 19.2. The average molecular weight is 277 g/mol. The molecule has 1 aromatic carbocycles. The van der Waals surface area contributed by atoms with Gasteiger partial charge in [-0.2, -0.15) is 0 Å². The second-order valence-corrected chi connectivity index (χ2v) is 4.42. The topological polar surface area (TPSA) is 0 Å². The summed E-state index contributed by atoms with van der Waals surface area (Å²) >= 11 is 0. The van der Waals surface area contributed by atoms with E-state index in [1.807, 2.05) is 0 Å². The summed E-state index contributed by atoms with van der Waals surface area (Å²) in [4.78, 5) is 0. The highest BCUT2D eigenvalue weighted by Gasteiger charge is 2.38. The Bertz CT molecular complexity index is 440. The van der Waals surface area contributed by atoms with Gasteiger partial charge in [0.25, 0.3) is 0 Å². The molecule has 0 saturated heterocycles. The Hall–Kier alpha value is -1.07. The van der Waals surface area contributed by atoms with Crippen molar-refractivity contribution in [1.82, 2.24) is 0 Å². The quantitative estimate of drug-likeness (QED) is 0.321. The number of rotatable bonds is 5. The van der Waals surface area contributed by atoms with Crippen molar-refractivity contribution in [3.63, 3.8) is 0 Å². The van der Waals surface area contributed by atoms with E-state index in [0.29, 0.717) is 6.32 Å². The molecule has 19 heavy (non-hydrogen) atoms. The van der Waals surface area contributed by atoms with E-state index in [0.717, 1.165) is 0 Å². The van der Waals surface area contributed by atoms with E-state index >= 15 is 0 Å². The molecule has 105 valence electrons. The lowest BCUT2D eigenvalue weighted by atomic mass is 9.45. The molecular weight excluding hydrogens is 262 g/mol. The van der Waals surface area contributed by atoms with Crippen molar-refractivity contribution >= 4 is 7.28 Å². The van der Waals surface area contributed by atoms with Crippen LogP contribution in [0.1, 0.15) is 39.2 Å². The van der Waals surface area contributed by atoms with E-state index in [-0.39, 0.29) is 12.8 Å². The van der Waals surface area contributed by atoms with Crippen molar-refractivity contribution < 1.29 is 22.0 Å². The van der Waals surface area contributed by atoms with E-state index in [1.54, 1.807) is 28.1 Å². The number of hydrogen-bond acceptors (Lipinski definition) is 0. The molecule has 0 aliphatic carbocycles. The summed E-state index contributed by atoms with van der Waals surface area (Å²) in [6.07, 6.45) is 0.993. The molecule has 0 N–H and O–H groups in total. The molecular formula is C13H15BF5. The molecule has 0 fully saturated rings. The first-order valence-corrected chi connectivity index (χ1v) is 6.22. The van der Waals surface area contributed by atoms with Crippen LogP contribution in [0.2, 0.25) is 6.32 Å². The fourth-order valence-corrected chi connectivity index (χ4v) is 2.43. The van der Waals surface area contributed by atoms with Gasteiger partial charge in [-0.3, -0.25) is 0 Å². The molecule has 0 unspecified atom stereocenters. The molecule has 0 spiro atoms. The maximum Gasteiger partial charge on any atom is 0.200 e. The van der Waals surface area contributed by atoms with Gasteiger partial charge in [0.05, 0.1) is 0 Å². The smallest absolute Gasteiger partial charge is 0.200 e. The lowest BCUT2D eigenvalue weighted by Crippen LogP contribution is -2.35. The number of halogens is 5. The predicted molar refractivity (Wildman–Crippen MR) is 64.7 cm³/mol. The van der Waals surface area contributed by atoms with Gasteiger partial charge in [0.1, 0.15) is 7.28 Å². The normalized spacial score (nSPS) is 11.8. The SMILES string of the molecule is CC[B]C(CC)(CC)c1c(F)c(F)c(F)c(F)c1F. The van der Waals surface area contributed by atoms with Crippen LogP contribution in [0.3, 0.4) is 0 Å². The van der Waals surface area contributed by atoms with Crippen LogP contribution in [0.5, 0.6) is 0 Å². The minimum absolute atomic E-state index is 0.260. The van der Waals surface area contributed by atoms with Crippen molar-refractivity contribution in [2.75, 3.05) is 0 Å².